The summed E-state index contributed by atoms with van der Waals surface area (Å²) >= 11 is 0. The molecule has 148 valence electrons. The third kappa shape index (κ3) is 4.91. The lowest BCUT2D eigenvalue weighted by Crippen LogP contribution is -2.30. The maximum atomic E-state index is 12.7. The molecule has 0 aliphatic heterocycles. The van der Waals surface area contributed by atoms with Crippen molar-refractivity contribution in [2.45, 2.75) is 40.2 Å². The molecule has 3 aromatic rings. The summed E-state index contributed by atoms with van der Waals surface area (Å²) in [6.07, 6.45) is 0.796. The molecule has 5 heteroatoms. The van der Waals surface area contributed by atoms with Crippen LogP contribution >= 0.6 is 0 Å². The number of nitrogens with one attached hydrogen (secondary N) is 1. The van der Waals surface area contributed by atoms with Gasteiger partial charge in [0.2, 0.25) is 0 Å². The fourth-order valence-corrected chi connectivity index (χ4v) is 3.19. The van der Waals surface area contributed by atoms with Gasteiger partial charge in [0, 0.05) is 29.7 Å². The largest absolute Gasteiger partial charge is 0.361 e. The molecular formula is C24H25N3O2. The minimum atomic E-state index is -0.163. The van der Waals surface area contributed by atoms with E-state index >= 15 is 0 Å². The van der Waals surface area contributed by atoms with Gasteiger partial charge in [-0.3, -0.25) is 4.79 Å². The van der Waals surface area contributed by atoms with Gasteiger partial charge in [0.05, 0.1) is 11.6 Å². The summed E-state index contributed by atoms with van der Waals surface area (Å²) in [5.41, 5.74) is 4.11. The van der Waals surface area contributed by atoms with Gasteiger partial charge in [-0.25, -0.2) is 0 Å². The van der Waals surface area contributed by atoms with Crippen molar-refractivity contribution in [3.05, 3.63) is 65.4 Å². The molecule has 0 atom stereocenters. The molecule has 0 aliphatic rings. The fourth-order valence-electron chi connectivity index (χ4n) is 3.19. The third-order valence-electron chi connectivity index (χ3n) is 4.44. The smallest absolute Gasteiger partial charge is 0.251 e. The quantitative estimate of drug-likeness (QED) is 0.629. The molecule has 1 aromatic heterocycles. The molecule has 0 saturated carbocycles. The average Bonchev–Trinajstić information content (AvgIpc) is 3.15. The maximum absolute atomic E-state index is 12.7. The monoisotopic (exact) mass is 387 g/mol. The van der Waals surface area contributed by atoms with E-state index in [0.29, 0.717) is 22.7 Å². The molecule has 0 radical (unpaired) electrons. The van der Waals surface area contributed by atoms with E-state index in [9.17, 15) is 10.1 Å². The number of benzene rings is 2. The Morgan fingerprint density at radius 1 is 1.10 bits per heavy atom. The molecule has 0 bridgehead atoms. The number of rotatable bonds is 6. The first kappa shape index (κ1) is 20.3. The van der Waals surface area contributed by atoms with Gasteiger partial charge in [0.1, 0.15) is 11.5 Å². The number of nitriles is 1. The van der Waals surface area contributed by atoms with Crippen molar-refractivity contribution in [3.63, 3.8) is 0 Å². The van der Waals surface area contributed by atoms with Gasteiger partial charge in [0.25, 0.3) is 5.91 Å². The molecule has 0 spiro atoms. The average molecular weight is 387 g/mol. The Hall–Kier alpha value is -3.39. The summed E-state index contributed by atoms with van der Waals surface area (Å²) in [6, 6.07) is 17.1. The molecular weight excluding hydrogens is 362 g/mol. The number of aromatic nitrogens is 1. The second-order valence-electron chi connectivity index (χ2n) is 7.86. The highest BCUT2D eigenvalue weighted by Gasteiger charge is 2.16. The summed E-state index contributed by atoms with van der Waals surface area (Å²) in [7, 11) is 0. The summed E-state index contributed by atoms with van der Waals surface area (Å²) < 4.78 is 5.48. The van der Waals surface area contributed by atoms with Crippen molar-refractivity contribution in [1.29, 1.82) is 5.26 Å². The summed E-state index contributed by atoms with van der Waals surface area (Å²) in [6.45, 7) is 8.08. The number of carbonyl (C=O) groups is 1. The van der Waals surface area contributed by atoms with Crippen LogP contribution in [0.4, 0.5) is 0 Å². The van der Waals surface area contributed by atoms with E-state index in [1.165, 1.54) is 0 Å². The van der Waals surface area contributed by atoms with E-state index in [1.807, 2.05) is 56.3 Å². The van der Waals surface area contributed by atoms with Crippen LogP contribution in [0.25, 0.3) is 22.4 Å². The molecule has 1 heterocycles. The van der Waals surface area contributed by atoms with Gasteiger partial charge < -0.3 is 9.84 Å². The van der Waals surface area contributed by atoms with Crippen LogP contribution in [0.15, 0.2) is 53.1 Å². The Balaban J connectivity index is 2.12. The normalized spacial score (nSPS) is 10.9. The number of hydrogen-bond acceptors (Lipinski definition) is 4. The lowest BCUT2D eigenvalue weighted by atomic mass is 9.95. The summed E-state index contributed by atoms with van der Waals surface area (Å²) in [5, 5.41) is 16.6. The lowest BCUT2D eigenvalue weighted by molar-refractivity contribution is 0.0943. The highest BCUT2D eigenvalue weighted by atomic mass is 16.5. The second-order valence-corrected chi connectivity index (χ2v) is 7.86. The Bertz CT molecular complexity index is 1060. The minimum absolute atomic E-state index is 0.0192. The van der Waals surface area contributed by atoms with E-state index in [0.717, 1.165) is 28.9 Å². The molecule has 0 fully saturated rings. The van der Waals surface area contributed by atoms with Crippen molar-refractivity contribution in [2.75, 3.05) is 0 Å². The summed E-state index contributed by atoms with van der Waals surface area (Å²) in [5.74, 6) is 1.10. The van der Waals surface area contributed by atoms with Gasteiger partial charge >= 0.3 is 0 Å². The Kier molecular flexibility index (Phi) is 6.13. The molecule has 29 heavy (non-hydrogen) atoms. The number of nitrogens with zero attached hydrogens (tertiary/aromatic N) is 2. The van der Waals surface area contributed by atoms with Crippen LogP contribution in [0.2, 0.25) is 0 Å². The molecule has 1 amide bonds. The van der Waals surface area contributed by atoms with Crippen molar-refractivity contribution < 1.29 is 9.32 Å². The van der Waals surface area contributed by atoms with E-state index in [-0.39, 0.29) is 11.9 Å². The van der Waals surface area contributed by atoms with Crippen LogP contribution in [0, 0.1) is 17.2 Å². The van der Waals surface area contributed by atoms with Crippen molar-refractivity contribution in [2.24, 2.45) is 5.92 Å². The molecule has 5 nitrogen and oxygen atoms in total. The minimum Gasteiger partial charge on any atom is -0.361 e. The number of hydrogen-bond donors (Lipinski definition) is 1. The van der Waals surface area contributed by atoms with Crippen molar-refractivity contribution in [1.82, 2.24) is 10.5 Å². The predicted molar refractivity (Wildman–Crippen MR) is 113 cm³/mol. The molecule has 0 aliphatic carbocycles. The molecule has 0 saturated heterocycles. The van der Waals surface area contributed by atoms with Crippen LogP contribution in [0.3, 0.4) is 0 Å². The first-order valence-corrected chi connectivity index (χ1v) is 9.78. The third-order valence-corrected chi connectivity index (χ3v) is 4.44. The Morgan fingerprint density at radius 2 is 1.83 bits per heavy atom. The highest BCUT2D eigenvalue weighted by molar-refractivity contribution is 5.97. The lowest BCUT2D eigenvalue weighted by Gasteiger charge is -2.12. The molecule has 0 unspecified atom stereocenters. The first-order valence-electron chi connectivity index (χ1n) is 9.78. The second kappa shape index (κ2) is 8.74. The van der Waals surface area contributed by atoms with Gasteiger partial charge in [-0.15, -0.1) is 0 Å². The van der Waals surface area contributed by atoms with E-state index in [2.05, 4.69) is 30.4 Å². The first-order chi connectivity index (χ1) is 13.9. The molecule has 3 rings (SSSR count). The van der Waals surface area contributed by atoms with E-state index in [1.54, 1.807) is 6.07 Å². The molecule has 1 N–H and O–H groups in total. The van der Waals surface area contributed by atoms with Gasteiger partial charge in [0.15, 0.2) is 0 Å². The van der Waals surface area contributed by atoms with E-state index in [4.69, 9.17) is 4.52 Å². The SMILES string of the molecule is CC(C)Cc1cc(-c2cc(C(=O)NC(C)C)cc(-c3ccccc3C#N)c2)no1. The van der Waals surface area contributed by atoms with Crippen molar-refractivity contribution >= 4 is 5.91 Å². The highest BCUT2D eigenvalue weighted by Crippen LogP contribution is 2.30. The standard InChI is InChI=1S/C24H25N3O2/c1-15(2)9-21-13-23(27-29-21)19-10-18(22-8-6-5-7-17(22)14-25)11-20(12-19)24(28)26-16(3)4/h5-8,10-13,15-16H,9H2,1-4H3,(H,26,28). The predicted octanol–water partition coefficient (Wildman–Crippen LogP) is 5.22. The summed E-state index contributed by atoms with van der Waals surface area (Å²) in [4.78, 5) is 12.7. The Labute approximate surface area is 171 Å². The zero-order valence-electron chi connectivity index (χ0n) is 17.2. The van der Waals surface area contributed by atoms with Gasteiger partial charge in [-0.05, 0) is 55.2 Å². The zero-order chi connectivity index (χ0) is 21.0. The molecule has 2 aromatic carbocycles. The van der Waals surface area contributed by atoms with Gasteiger partial charge in [-0.1, -0.05) is 37.2 Å². The topological polar surface area (TPSA) is 78.9 Å². The maximum Gasteiger partial charge on any atom is 0.251 e. The number of amides is 1. The van der Waals surface area contributed by atoms with Crippen LogP contribution in [-0.2, 0) is 6.42 Å². The zero-order valence-corrected chi connectivity index (χ0v) is 17.2. The van der Waals surface area contributed by atoms with Crippen molar-refractivity contribution in [3.8, 4) is 28.5 Å². The fraction of sp³-hybridized carbons (Fsp3) is 0.292. The van der Waals surface area contributed by atoms with Crippen LogP contribution in [0.1, 0.15) is 49.4 Å². The Morgan fingerprint density at radius 3 is 2.52 bits per heavy atom. The van der Waals surface area contributed by atoms with Gasteiger partial charge in [-0.2, -0.15) is 5.26 Å². The van der Waals surface area contributed by atoms with Crippen LogP contribution < -0.4 is 5.32 Å². The van der Waals surface area contributed by atoms with Crippen LogP contribution in [0.5, 0.6) is 0 Å². The van der Waals surface area contributed by atoms with E-state index < -0.39 is 0 Å². The number of carbonyl (C=O) groups excluding carboxylic acids is 1. The van der Waals surface area contributed by atoms with Crippen LogP contribution in [-0.4, -0.2) is 17.1 Å².